The molecular weight excluding hydrogens is 290 g/mol. The molecule has 1 unspecified atom stereocenters. The Morgan fingerprint density at radius 1 is 1.30 bits per heavy atom. The summed E-state index contributed by atoms with van der Waals surface area (Å²) >= 11 is 0. The van der Waals surface area contributed by atoms with Crippen LogP contribution in [-0.4, -0.2) is 27.4 Å². The van der Waals surface area contributed by atoms with Gasteiger partial charge in [0.15, 0.2) is 0 Å². The Morgan fingerprint density at radius 2 is 1.96 bits per heavy atom. The van der Waals surface area contributed by atoms with Gasteiger partial charge in [-0.05, 0) is 24.5 Å². The highest BCUT2D eigenvalue weighted by Gasteiger charge is 2.24. The summed E-state index contributed by atoms with van der Waals surface area (Å²) in [4.78, 5) is 31.3. The molecule has 1 aromatic carbocycles. The number of amides is 1. The largest absolute Gasteiger partial charge is 0.336 e. The van der Waals surface area contributed by atoms with E-state index >= 15 is 0 Å². The molecule has 1 aromatic heterocycles. The van der Waals surface area contributed by atoms with Crippen LogP contribution in [0.1, 0.15) is 45.5 Å². The molecule has 0 bridgehead atoms. The zero-order valence-electron chi connectivity index (χ0n) is 14.5. The molecule has 5 heteroatoms. The third-order valence-corrected chi connectivity index (χ3v) is 4.15. The summed E-state index contributed by atoms with van der Waals surface area (Å²) in [5.74, 6) is 1.01. The molecule has 1 heterocycles. The minimum Gasteiger partial charge on any atom is -0.336 e. The monoisotopic (exact) mass is 315 g/mol. The molecular formula is C18H25N3O2. The topological polar surface area (TPSA) is 55.2 Å². The van der Waals surface area contributed by atoms with Crippen molar-refractivity contribution in [3.8, 4) is 0 Å². The number of carbonyl (C=O) groups is 1. The van der Waals surface area contributed by atoms with E-state index in [4.69, 9.17) is 0 Å². The predicted molar refractivity (Wildman–Crippen MR) is 92.2 cm³/mol. The van der Waals surface area contributed by atoms with Crippen LogP contribution in [-0.2, 0) is 11.8 Å². The van der Waals surface area contributed by atoms with Gasteiger partial charge in [0.05, 0.1) is 16.9 Å². The minimum absolute atomic E-state index is 0.0752. The van der Waals surface area contributed by atoms with Gasteiger partial charge in [0, 0.05) is 20.5 Å². The molecule has 0 aliphatic heterocycles. The third-order valence-electron chi connectivity index (χ3n) is 4.15. The molecule has 1 amide bonds. The van der Waals surface area contributed by atoms with Gasteiger partial charge in [-0.25, -0.2) is 4.98 Å². The predicted octanol–water partition coefficient (Wildman–Crippen LogP) is 2.89. The van der Waals surface area contributed by atoms with Gasteiger partial charge < -0.3 is 4.90 Å². The van der Waals surface area contributed by atoms with Gasteiger partial charge >= 0.3 is 0 Å². The molecule has 2 aromatic rings. The molecule has 0 fully saturated rings. The maximum absolute atomic E-state index is 12.6. The Kier molecular flexibility index (Phi) is 5.19. The van der Waals surface area contributed by atoms with Crippen LogP contribution in [0.25, 0.3) is 10.9 Å². The van der Waals surface area contributed by atoms with Crippen LogP contribution in [0.15, 0.2) is 29.1 Å². The van der Waals surface area contributed by atoms with Crippen LogP contribution in [0.3, 0.4) is 0 Å². The number of hydrogen-bond acceptors (Lipinski definition) is 3. The van der Waals surface area contributed by atoms with Gasteiger partial charge in [-0.2, -0.15) is 0 Å². The number of para-hydroxylation sites is 1. The maximum atomic E-state index is 12.6. The first-order valence-corrected chi connectivity index (χ1v) is 8.08. The number of nitrogens with zero attached hydrogens (tertiary/aromatic N) is 3. The van der Waals surface area contributed by atoms with Crippen LogP contribution in [0.4, 0.5) is 0 Å². The van der Waals surface area contributed by atoms with Crippen molar-refractivity contribution in [2.75, 3.05) is 7.05 Å². The lowest BCUT2D eigenvalue weighted by atomic mass is 10.1. The Morgan fingerprint density at radius 3 is 2.57 bits per heavy atom. The van der Waals surface area contributed by atoms with E-state index in [-0.39, 0.29) is 17.5 Å². The number of hydrogen-bond donors (Lipinski definition) is 0. The number of fused-ring (bicyclic) bond motifs is 1. The van der Waals surface area contributed by atoms with Crippen molar-refractivity contribution >= 4 is 16.8 Å². The molecule has 0 spiro atoms. The fraction of sp³-hybridized carbons (Fsp3) is 0.500. The zero-order chi connectivity index (χ0) is 17.1. The van der Waals surface area contributed by atoms with Gasteiger partial charge in [0.2, 0.25) is 5.91 Å². The highest BCUT2D eigenvalue weighted by Crippen LogP contribution is 2.23. The summed E-state index contributed by atoms with van der Waals surface area (Å²) in [6, 6.07) is 7.11. The first kappa shape index (κ1) is 17.2. The molecule has 1 atom stereocenters. The molecule has 0 N–H and O–H groups in total. The lowest BCUT2D eigenvalue weighted by Crippen LogP contribution is -2.36. The Bertz CT molecular complexity index is 764. The quantitative estimate of drug-likeness (QED) is 0.852. The average molecular weight is 315 g/mol. The molecule has 0 saturated carbocycles. The lowest BCUT2D eigenvalue weighted by Gasteiger charge is -2.28. The van der Waals surface area contributed by atoms with E-state index in [0.717, 1.165) is 0 Å². The summed E-state index contributed by atoms with van der Waals surface area (Å²) in [7, 11) is 3.51. The second kappa shape index (κ2) is 6.94. The smallest absolute Gasteiger partial charge is 0.261 e. The van der Waals surface area contributed by atoms with Gasteiger partial charge in [-0.3, -0.25) is 14.2 Å². The van der Waals surface area contributed by atoms with E-state index in [1.807, 2.05) is 39.0 Å². The first-order chi connectivity index (χ1) is 10.9. The summed E-state index contributed by atoms with van der Waals surface area (Å²) < 4.78 is 1.57. The highest BCUT2D eigenvalue weighted by molar-refractivity contribution is 5.78. The van der Waals surface area contributed by atoms with E-state index in [2.05, 4.69) is 4.98 Å². The van der Waals surface area contributed by atoms with Crippen LogP contribution >= 0.6 is 0 Å². The number of carbonyl (C=O) groups excluding carboxylic acids is 1. The fourth-order valence-electron chi connectivity index (χ4n) is 2.83. The van der Waals surface area contributed by atoms with E-state index in [1.165, 1.54) is 0 Å². The normalized spacial score (nSPS) is 12.6. The maximum Gasteiger partial charge on any atom is 0.261 e. The summed E-state index contributed by atoms with van der Waals surface area (Å²) in [6.45, 7) is 6.05. The van der Waals surface area contributed by atoms with Gasteiger partial charge in [-0.15, -0.1) is 0 Å². The zero-order valence-corrected chi connectivity index (χ0v) is 14.5. The number of aromatic nitrogens is 2. The van der Waals surface area contributed by atoms with Crippen LogP contribution in [0.5, 0.6) is 0 Å². The number of benzene rings is 1. The average Bonchev–Trinajstić information content (AvgIpc) is 2.52. The Labute approximate surface area is 136 Å². The first-order valence-electron chi connectivity index (χ1n) is 8.08. The van der Waals surface area contributed by atoms with Crippen LogP contribution < -0.4 is 5.56 Å². The Balaban J connectivity index is 2.49. The van der Waals surface area contributed by atoms with Gasteiger partial charge in [0.1, 0.15) is 5.82 Å². The second-order valence-electron chi connectivity index (χ2n) is 6.38. The van der Waals surface area contributed by atoms with Crippen molar-refractivity contribution in [2.45, 2.75) is 39.7 Å². The van der Waals surface area contributed by atoms with Crippen LogP contribution in [0, 0.1) is 5.92 Å². The number of rotatable bonds is 5. The van der Waals surface area contributed by atoms with E-state index in [1.54, 1.807) is 29.6 Å². The molecule has 5 nitrogen and oxygen atoms in total. The third kappa shape index (κ3) is 3.44. The van der Waals surface area contributed by atoms with E-state index < -0.39 is 0 Å². The van der Waals surface area contributed by atoms with Crippen molar-refractivity contribution in [1.82, 2.24) is 14.5 Å². The summed E-state index contributed by atoms with van der Waals surface area (Å²) in [5, 5.41) is 0.602. The molecule has 124 valence electrons. The van der Waals surface area contributed by atoms with E-state index in [9.17, 15) is 9.59 Å². The SMILES string of the molecule is CCC(c1nc2ccccc2c(=O)n1C)N(C)C(=O)CC(C)C. The molecule has 2 rings (SSSR count). The van der Waals surface area contributed by atoms with Crippen molar-refractivity contribution in [1.29, 1.82) is 0 Å². The van der Waals surface area contributed by atoms with Crippen molar-refractivity contribution in [3.63, 3.8) is 0 Å². The van der Waals surface area contributed by atoms with Crippen LogP contribution in [0.2, 0.25) is 0 Å². The van der Waals surface area contributed by atoms with Crippen molar-refractivity contribution in [3.05, 3.63) is 40.4 Å². The summed E-state index contributed by atoms with van der Waals surface area (Å²) in [6.07, 6.45) is 1.20. The van der Waals surface area contributed by atoms with Crippen molar-refractivity contribution < 1.29 is 4.79 Å². The fourth-order valence-corrected chi connectivity index (χ4v) is 2.83. The minimum atomic E-state index is -0.205. The lowest BCUT2D eigenvalue weighted by molar-refractivity contribution is -0.133. The van der Waals surface area contributed by atoms with Gasteiger partial charge in [0.25, 0.3) is 5.56 Å². The standard InChI is InChI=1S/C18H25N3O2/c1-6-15(20(4)16(22)11-12(2)3)17-19-14-10-8-7-9-13(14)18(23)21(17)5/h7-10,12,15H,6,11H2,1-5H3. The summed E-state index contributed by atoms with van der Waals surface area (Å²) in [5.41, 5.74) is 0.600. The van der Waals surface area contributed by atoms with Gasteiger partial charge in [-0.1, -0.05) is 32.9 Å². The molecule has 0 radical (unpaired) electrons. The second-order valence-corrected chi connectivity index (χ2v) is 6.38. The Hall–Kier alpha value is -2.17. The molecule has 0 saturated heterocycles. The van der Waals surface area contributed by atoms with E-state index in [0.29, 0.717) is 35.5 Å². The molecule has 0 aliphatic rings. The highest BCUT2D eigenvalue weighted by atomic mass is 16.2. The molecule has 0 aliphatic carbocycles. The molecule has 23 heavy (non-hydrogen) atoms. The van der Waals surface area contributed by atoms with Crippen molar-refractivity contribution in [2.24, 2.45) is 13.0 Å².